The maximum Gasteiger partial charge on any atom is 0.405 e. The Balaban J connectivity index is 1.36. The Hall–Kier alpha value is -4.51. The van der Waals surface area contributed by atoms with Gasteiger partial charge in [-0.1, -0.05) is 38.1 Å². The van der Waals surface area contributed by atoms with Crippen LogP contribution in [0.15, 0.2) is 41.2 Å². The highest BCUT2D eigenvalue weighted by atomic mass is 32.2. The van der Waals surface area contributed by atoms with Gasteiger partial charge in [-0.2, -0.15) is 0 Å². The van der Waals surface area contributed by atoms with Crippen molar-refractivity contribution in [2.75, 3.05) is 20.3 Å². The van der Waals surface area contributed by atoms with Gasteiger partial charge in [0.1, 0.15) is 23.7 Å². The number of hydrogen-bond donors (Lipinski definition) is 4. The molecular weight excluding hydrogens is 708 g/mol. The van der Waals surface area contributed by atoms with Crippen LogP contribution in [-0.2, 0) is 35.7 Å². The first-order valence-electron chi connectivity index (χ1n) is 18.1. The van der Waals surface area contributed by atoms with Crippen molar-refractivity contribution < 1.29 is 42.2 Å². The number of amides is 4. The van der Waals surface area contributed by atoms with Crippen molar-refractivity contribution in [2.24, 2.45) is 17.8 Å². The fourth-order valence-corrected chi connectivity index (χ4v) is 8.82. The number of fused-ring (bicyclic) bond motifs is 3. The molecule has 2 saturated carbocycles. The number of hydrogen-bond acceptors (Lipinski definition) is 10. The topological polar surface area (TPSA) is 215 Å². The number of nitrogens with one attached hydrogen (secondary N) is 3. The number of aromatic nitrogens is 2. The molecule has 1 aromatic carbocycles. The summed E-state index contributed by atoms with van der Waals surface area (Å²) in [5.41, 5.74) is -1.93. The van der Waals surface area contributed by atoms with Crippen LogP contribution in [0.4, 0.5) is 4.79 Å². The van der Waals surface area contributed by atoms with Crippen molar-refractivity contribution in [1.29, 1.82) is 0 Å². The summed E-state index contributed by atoms with van der Waals surface area (Å²) >= 11 is 0. The zero-order chi connectivity index (χ0) is 38.3. The van der Waals surface area contributed by atoms with Crippen LogP contribution < -0.4 is 25.7 Å². The molecule has 0 radical (unpaired) electrons. The van der Waals surface area contributed by atoms with E-state index in [-0.39, 0.29) is 49.9 Å². The van der Waals surface area contributed by atoms with Gasteiger partial charge in [-0.15, -0.1) is 5.10 Å². The first-order valence-corrected chi connectivity index (χ1v) is 19.6. The van der Waals surface area contributed by atoms with Gasteiger partial charge in [-0.25, -0.2) is 17.9 Å². The summed E-state index contributed by atoms with van der Waals surface area (Å²) < 4.78 is 40.2. The molecule has 53 heavy (non-hydrogen) atoms. The lowest BCUT2D eigenvalue weighted by Gasteiger charge is -2.32. The Kier molecular flexibility index (Phi) is 10.6. The number of methoxy groups -OCH3 is 1. The standard InChI is InChI=1S/C36H48N6O10S/c1-21-9-5-6-10-23-19-36(23,33(46)40-53(49,50)35(3)13-14-35)38-29(43)27-18-24(20-41(27)32(45)28(22(2)17-21)37-34(47)48)52-30-25-11-7-8-12-26(25)31(44)42(39-30)15-16-51-4/h6-8,10-12,21-24,27-28,37H,5,9,13-20H2,1-4H3,(H,38,43)(H,40,46)(H,47,48)/t21-,22+,23+,24+,27-,28-,36+/m0/s1. The highest BCUT2D eigenvalue weighted by Gasteiger charge is 2.63. The molecule has 4 aliphatic rings. The van der Waals surface area contributed by atoms with Crippen LogP contribution in [-0.4, -0.2) is 101 Å². The molecule has 1 aromatic heterocycles. The van der Waals surface area contributed by atoms with Gasteiger partial charge >= 0.3 is 6.09 Å². The van der Waals surface area contributed by atoms with E-state index < -0.39 is 74.1 Å². The first kappa shape index (κ1) is 38.2. The number of nitrogens with zero attached hydrogens (tertiary/aromatic N) is 3. The van der Waals surface area contributed by atoms with E-state index in [1.54, 1.807) is 38.1 Å². The van der Waals surface area contributed by atoms with Crippen molar-refractivity contribution in [3.8, 4) is 5.88 Å². The van der Waals surface area contributed by atoms with E-state index in [0.717, 1.165) is 6.42 Å². The van der Waals surface area contributed by atoms with Crippen molar-refractivity contribution in [3.05, 3.63) is 46.8 Å². The predicted octanol–water partition coefficient (Wildman–Crippen LogP) is 1.91. The zero-order valence-electron chi connectivity index (χ0n) is 30.4. The second kappa shape index (κ2) is 14.7. The highest BCUT2D eigenvalue weighted by Crippen LogP contribution is 2.47. The van der Waals surface area contributed by atoms with Crippen LogP contribution in [0.5, 0.6) is 5.88 Å². The summed E-state index contributed by atoms with van der Waals surface area (Å²) in [6.07, 6.45) is 4.28. The van der Waals surface area contributed by atoms with E-state index in [0.29, 0.717) is 36.5 Å². The summed E-state index contributed by atoms with van der Waals surface area (Å²) in [6.45, 7) is 5.58. The fraction of sp³-hybridized carbons (Fsp3) is 0.611. The minimum atomic E-state index is -4.02. The molecule has 0 unspecified atom stereocenters. The van der Waals surface area contributed by atoms with Gasteiger partial charge in [0.05, 0.1) is 35.2 Å². The van der Waals surface area contributed by atoms with Crippen molar-refractivity contribution in [1.82, 2.24) is 30.0 Å². The highest BCUT2D eigenvalue weighted by molar-refractivity contribution is 7.91. The van der Waals surface area contributed by atoms with Crippen molar-refractivity contribution >= 4 is 44.6 Å². The first-order chi connectivity index (χ1) is 25.1. The summed E-state index contributed by atoms with van der Waals surface area (Å²) in [4.78, 5) is 69.1. The molecule has 7 atom stereocenters. The Morgan fingerprint density at radius 3 is 2.51 bits per heavy atom. The molecule has 17 heteroatoms. The normalized spacial score (nSPS) is 29.9. The quantitative estimate of drug-likeness (QED) is 0.271. The SMILES string of the molecule is COCCn1nc(O[C@@H]2C[C@H]3C(=O)N[C@]4(C(=O)NS(=O)(=O)C5(C)CC5)C[C@H]4C=CCC[C@H](C)C[C@@H](C)[C@H](NC(=O)O)C(=O)N3C2)c2ccccc2c1=O. The monoisotopic (exact) mass is 756 g/mol. The van der Waals surface area contributed by atoms with E-state index >= 15 is 0 Å². The number of rotatable bonds is 9. The average molecular weight is 757 g/mol. The van der Waals surface area contributed by atoms with Gasteiger partial charge in [0.15, 0.2) is 0 Å². The van der Waals surface area contributed by atoms with Gasteiger partial charge < -0.3 is 30.1 Å². The third-order valence-corrected chi connectivity index (χ3v) is 13.3. The maximum absolute atomic E-state index is 14.4. The molecule has 0 spiro atoms. The molecule has 288 valence electrons. The number of ether oxygens (including phenoxy) is 2. The molecule has 2 aromatic rings. The van der Waals surface area contributed by atoms with Crippen molar-refractivity contribution in [3.63, 3.8) is 0 Å². The minimum absolute atomic E-state index is 0.0655. The molecule has 16 nitrogen and oxygen atoms in total. The summed E-state index contributed by atoms with van der Waals surface area (Å²) in [7, 11) is -2.53. The largest absolute Gasteiger partial charge is 0.471 e. The average Bonchev–Trinajstić information content (AvgIpc) is 3.99. The second-order valence-electron chi connectivity index (χ2n) is 15.3. The fourth-order valence-electron chi connectivity index (χ4n) is 7.51. The van der Waals surface area contributed by atoms with Crippen LogP contribution in [0.3, 0.4) is 0 Å². The van der Waals surface area contributed by atoms with Gasteiger partial charge in [0.25, 0.3) is 11.5 Å². The number of allylic oxidation sites excluding steroid dienone is 1. The number of carbonyl (C=O) groups excluding carboxylic acids is 3. The van der Waals surface area contributed by atoms with E-state index in [1.807, 2.05) is 19.1 Å². The lowest BCUT2D eigenvalue weighted by atomic mass is 9.88. The van der Waals surface area contributed by atoms with E-state index in [2.05, 4.69) is 20.5 Å². The minimum Gasteiger partial charge on any atom is -0.471 e. The van der Waals surface area contributed by atoms with Gasteiger partial charge in [0.2, 0.25) is 27.7 Å². The lowest BCUT2D eigenvalue weighted by Crippen LogP contribution is -2.59. The Morgan fingerprint density at radius 1 is 1.11 bits per heavy atom. The van der Waals surface area contributed by atoms with Gasteiger partial charge in [0, 0.05) is 19.4 Å². The van der Waals surface area contributed by atoms with Crippen molar-refractivity contribution in [2.45, 2.75) is 101 Å². The second-order valence-corrected chi connectivity index (χ2v) is 17.5. The van der Waals surface area contributed by atoms with Gasteiger partial charge in [-0.05, 0) is 69.4 Å². The molecule has 0 bridgehead atoms. The molecule has 4 amide bonds. The zero-order valence-corrected chi connectivity index (χ0v) is 31.2. The van der Waals surface area contributed by atoms with E-state index in [4.69, 9.17) is 9.47 Å². The molecule has 2 aliphatic carbocycles. The smallest absolute Gasteiger partial charge is 0.405 e. The van der Waals surface area contributed by atoms with Crippen LogP contribution in [0.2, 0.25) is 0 Å². The molecular formula is C36H48N6O10S. The summed E-state index contributed by atoms with van der Waals surface area (Å²) in [5.74, 6) is -2.93. The third-order valence-electron chi connectivity index (χ3n) is 11.1. The van der Waals surface area contributed by atoms with E-state index in [9.17, 15) is 37.5 Å². The van der Waals surface area contributed by atoms with Crippen LogP contribution >= 0.6 is 0 Å². The Bertz CT molecular complexity index is 1980. The number of carboxylic acid groups (broad SMARTS) is 1. The lowest BCUT2D eigenvalue weighted by molar-refractivity contribution is -0.142. The Labute approximate surface area is 307 Å². The van der Waals surface area contributed by atoms with Gasteiger partial charge in [-0.3, -0.25) is 23.9 Å². The van der Waals surface area contributed by atoms with Crippen LogP contribution in [0.1, 0.15) is 65.7 Å². The summed E-state index contributed by atoms with van der Waals surface area (Å²) in [5, 5.41) is 20.2. The van der Waals surface area contributed by atoms with E-state index in [1.165, 1.54) is 16.7 Å². The van der Waals surface area contributed by atoms with Crippen LogP contribution in [0.25, 0.3) is 10.8 Å². The molecule has 1 saturated heterocycles. The maximum atomic E-state index is 14.4. The molecule has 3 heterocycles. The molecule has 3 fully saturated rings. The number of sulfonamides is 1. The third kappa shape index (κ3) is 7.77. The van der Waals surface area contributed by atoms with Crippen LogP contribution in [0, 0.1) is 17.8 Å². The number of carbonyl (C=O) groups is 4. The molecule has 4 N–H and O–H groups in total. The Morgan fingerprint density at radius 2 is 1.83 bits per heavy atom. The predicted molar refractivity (Wildman–Crippen MR) is 192 cm³/mol. The number of benzene rings is 1. The molecule has 6 rings (SSSR count). The molecule has 2 aliphatic heterocycles. The summed E-state index contributed by atoms with van der Waals surface area (Å²) in [6, 6.07) is 4.34.